The fourth-order valence-corrected chi connectivity index (χ4v) is 3.19. The summed E-state index contributed by atoms with van der Waals surface area (Å²) >= 11 is 0. The van der Waals surface area contributed by atoms with E-state index in [9.17, 15) is 14.7 Å². The molecule has 5 heteroatoms. The van der Waals surface area contributed by atoms with Gasteiger partial charge in [-0.1, -0.05) is 26.2 Å². The highest BCUT2D eigenvalue weighted by atomic mass is 16.5. The summed E-state index contributed by atoms with van der Waals surface area (Å²) in [4.78, 5) is 22.3. The van der Waals surface area contributed by atoms with Gasteiger partial charge in [0.1, 0.15) is 6.04 Å². The summed E-state index contributed by atoms with van der Waals surface area (Å²) in [5.41, 5.74) is 0. The molecule has 1 fully saturated rings. The van der Waals surface area contributed by atoms with Gasteiger partial charge in [-0.2, -0.15) is 0 Å². The molecule has 0 amide bonds. The summed E-state index contributed by atoms with van der Waals surface area (Å²) in [6, 6.07) is -0.122. The van der Waals surface area contributed by atoms with E-state index in [1.165, 1.54) is 13.5 Å². The Morgan fingerprint density at radius 2 is 2.14 bits per heavy atom. The van der Waals surface area contributed by atoms with Crippen LogP contribution in [-0.2, 0) is 14.3 Å². The number of carbonyl (C=O) groups is 2. The number of carboxylic acids is 1. The molecule has 2 N–H and O–H groups in total. The third kappa shape index (κ3) is 6.93. The van der Waals surface area contributed by atoms with Crippen molar-refractivity contribution in [1.82, 2.24) is 5.32 Å². The molecule has 0 spiro atoms. The summed E-state index contributed by atoms with van der Waals surface area (Å²) in [5, 5.41) is 12.5. The molecule has 0 radical (unpaired) electrons. The topological polar surface area (TPSA) is 75.6 Å². The zero-order chi connectivity index (χ0) is 15.7. The van der Waals surface area contributed by atoms with Gasteiger partial charge in [-0.25, -0.2) is 0 Å². The zero-order valence-electron chi connectivity index (χ0n) is 13.3. The molecule has 0 aromatic heterocycles. The molecule has 1 rings (SSSR count). The van der Waals surface area contributed by atoms with Crippen LogP contribution < -0.4 is 5.32 Å². The van der Waals surface area contributed by atoms with Gasteiger partial charge in [-0.3, -0.25) is 9.59 Å². The predicted octanol–water partition coefficient (Wildman–Crippen LogP) is 2.73. The number of nitrogens with one attached hydrogen (secondary N) is 1. The smallest absolute Gasteiger partial charge is 0.320 e. The molecule has 0 heterocycles. The van der Waals surface area contributed by atoms with Crippen molar-refractivity contribution in [2.24, 2.45) is 5.92 Å². The van der Waals surface area contributed by atoms with E-state index in [0.29, 0.717) is 24.8 Å². The van der Waals surface area contributed by atoms with Gasteiger partial charge in [0.15, 0.2) is 0 Å². The Morgan fingerprint density at radius 3 is 2.76 bits per heavy atom. The summed E-state index contributed by atoms with van der Waals surface area (Å²) in [6.07, 6.45) is 8.33. The van der Waals surface area contributed by atoms with Crippen LogP contribution in [0.15, 0.2) is 0 Å². The largest absolute Gasteiger partial charge is 0.480 e. The first-order valence-corrected chi connectivity index (χ1v) is 8.12. The summed E-state index contributed by atoms with van der Waals surface area (Å²) < 4.78 is 4.65. The molecule has 0 aromatic carbocycles. The average molecular weight is 299 g/mol. The third-order valence-corrected chi connectivity index (χ3v) is 4.32. The molecule has 0 aliphatic heterocycles. The fraction of sp³-hybridized carbons (Fsp3) is 0.875. The Hall–Kier alpha value is -1.10. The van der Waals surface area contributed by atoms with Crippen LogP contribution in [0.1, 0.15) is 64.7 Å². The number of hydrogen-bond acceptors (Lipinski definition) is 4. The lowest BCUT2D eigenvalue weighted by molar-refractivity contribution is -0.141. The molecule has 0 saturated heterocycles. The van der Waals surface area contributed by atoms with Crippen LogP contribution in [0.3, 0.4) is 0 Å². The number of esters is 1. The summed E-state index contributed by atoms with van der Waals surface area (Å²) in [5.74, 6) is -0.295. The van der Waals surface area contributed by atoms with E-state index in [1.54, 1.807) is 0 Å². The van der Waals surface area contributed by atoms with Crippen LogP contribution >= 0.6 is 0 Å². The van der Waals surface area contributed by atoms with Crippen molar-refractivity contribution in [2.75, 3.05) is 7.11 Å². The van der Waals surface area contributed by atoms with Crippen molar-refractivity contribution in [3.05, 3.63) is 0 Å². The molecular weight excluding hydrogens is 270 g/mol. The maximum atomic E-state index is 11.2. The van der Waals surface area contributed by atoms with Crippen molar-refractivity contribution in [3.63, 3.8) is 0 Å². The highest BCUT2D eigenvalue weighted by molar-refractivity contribution is 5.73. The summed E-state index contributed by atoms with van der Waals surface area (Å²) in [7, 11) is 1.42. The number of rotatable bonds is 9. The lowest BCUT2D eigenvalue weighted by Crippen LogP contribution is -2.45. The fourth-order valence-electron chi connectivity index (χ4n) is 3.19. The van der Waals surface area contributed by atoms with Gasteiger partial charge in [0.2, 0.25) is 0 Å². The van der Waals surface area contributed by atoms with Gasteiger partial charge < -0.3 is 15.2 Å². The van der Waals surface area contributed by atoms with Gasteiger partial charge in [0.05, 0.1) is 7.11 Å². The Bertz CT molecular complexity index is 332. The van der Waals surface area contributed by atoms with Gasteiger partial charge >= 0.3 is 11.9 Å². The lowest BCUT2D eigenvalue weighted by Gasteiger charge is -2.31. The number of aliphatic carboxylic acids is 1. The first kappa shape index (κ1) is 18.0. The second-order valence-electron chi connectivity index (χ2n) is 6.04. The quantitative estimate of drug-likeness (QED) is 0.640. The molecule has 3 atom stereocenters. The first-order valence-electron chi connectivity index (χ1n) is 8.12. The van der Waals surface area contributed by atoms with E-state index in [1.807, 2.05) is 6.92 Å². The van der Waals surface area contributed by atoms with Crippen LogP contribution in [-0.4, -0.2) is 36.2 Å². The summed E-state index contributed by atoms with van der Waals surface area (Å²) in [6.45, 7) is 2.01. The molecule has 3 unspecified atom stereocenters. The molecular formula is C16H29NO4. The minimum absolute atomic E-state index is 0.144. The number of carboxylic acid groups (broad SMARTS) is 1. The standard InChI is InChI=1S/C16H29NO4/c1-3-6-14(16(19)20)17-13-9-4-7-12(11-13)8-5-10-15(18)21-2/h12-14,17H,3-11H2,1-2H3,(H,19,20). The van der Waals surface area contributed by atoms with E-state index >= 15 is 0 Å². The molecule has 0 bridgehead atoms. The van der Waals surface area contributed by atoms with Crippen molar-refractivity contribution in [3.8, 4) is 0 Å². The van der Waals surface area contributed by atoms with Crippen LogP contribution in [0.2, 0.25) is 0 Å². The van der Waals surface area contributed by atoms with E-state index in [-0.39, 0.29) is 5.97 Å². The normalized spacial score (nSPS) is 23.5. The highest BCUT2D eigenvalue weighted by Gasteiger charge is 2.26. The van der Waals surface area contributed by atoms with E-state index < -0.39 is 12.0 Å². The number of methoxy groups -OCH3 is 1. The van der Waals surface area contributed by atoms with Crippen LogP contribution in [0, 0.1) is 5.92 Å². The van der Waals surface area contributed by atoms with Gasteiger partial charge in [0.25, 0.3) is 0 Å². The first-order chi connectivity index (χ1) is 10.1. The molecule has 122 valence electrons. The van der Waals surface area contributed by atoms with Crippen LogP contribution in [0.4, 0.5) is 0 Å². The van der Waals surface area contributed by atoms with Gasteiger partial charge in [0, 0.05) is 12.5 Å². The number of hydrogen-bond donors (Lipinski definition) is 2. The third-order valence-electron chi connectivity index (χ3n) is 4.32. The van der Waals surface area contributed by atoms with Crippen molar-refractivity contribution in [1.29, 1.82) is 0 Å². The maximum Gasteiger partial charge on any atom is 0.320 e. The second-order valence-corrected chi connectivity index (χ2v) is 6.04. The van der Waals surface area contributed by atoms with Gasteiger partial charge in [-0.15, -0.1) is 0 Å². The van der Waals surface area contributed by atoms with E-state index in [4.69, 9.17) is 0 Å². The Morgan fingerprint density at radius 1 is 1.38 bits per heavy atom. The minimum atomic E-state index is -0.746. The van der Waals surface area contributed by atoms with E-state index in [0.717, 1.165) is 38.5 Å². The van der Waals surface area contributed by atoms with Gasteiger partial charge in [-0.05, 0) is 38.0 Å². The maximum absolute atomic E-state index is 11.2. The minimum Gasteiger partial charge on any atom is -0.480 e. The second kappa shape index (κ2) is 9.77. The monoisotopic (exact) mass is 299 g/mol. The molecule has 1 saturated carbocycles. The molecule has 5 nitrogen and oxygen atoms in total. The Labute approximate surface area is 127 Å². The highest BCUT2D eigenvalue weighted by Crippen LogP contribution is 2.28. The lowest BCUT2D eigenvalue weighted by atomic mass is 9.82. The molecule has 1 aliphatic carbocycles. The van der Waals surface area contributed by atoms with Crippen molar-refractivity contribution < 1.29 is 19.4 Å². The van der Waals surface area contributed by atoms with E-state index in [2.05, 4.69) is 10.1 Å². The predicted molar refractivity (Wildman–Crippen MR) is 81.1 cm³/mol. The number of carbonyl (C=O) groups excluding carboxylic acids is 1. The van der Waals surface area contributed by atoms with Crippen LogP contribution in [0.25, 0.3) is 0 Å². The zero-order valence-corrected chi connectivity index (χ0v) is 13.3. The molecule has 1 aliphatic rings. The van der Waals surface area contributed by atoms with Crippen molar-refractivity contribution in [2.45, 2.75) is 76.8 Å². The number of ether oxygens (including phenoxy) is 1. The Kier molecular flexibility index (Phi) is 8.35. The molecule has 0 aromatic rings. The molecule has 21 heavy (non-hydrogen) atoms. The van der Waals surface area contributed by atoms with Crippen molar-refractivity contribution >= 4 is 11.9 Å². The Balaban J connectivity index is 2.33. The SMILES string of the molecule is CCCC(NC1CCCC(CCCC(=O)OC)C1)C(=O)O. The van der Waals surface area contributed by atoms with Crippen LogP contribution in [0.5, 0.6) is 0 Å². The average Bonchev–Trinajstić information content (AvgIpc) is 2.47.